The summed E-state index contributed by atoms with van der Waals surface area (Å²) in [5, 5.41) is 3.50. The standard InChI is InChI=1S/C24H20F2N2O2S/c25-16-10-8-15(9-11-16)24-19-5-3-4-18(19)20-14-17(12-13-22(20)27-24)31(29,30)28-23-7-2-1-6-21(23)26/h1-4,6-14,18-19,24,27-28H,5H2/t18-,19+,24-/m0/s1. The molecule has 0 amide bonds. The van der Waals surface area contributed by atoms with Crippen LogP contribution in [0.4, 0.5) is 20.2 Å². The first kappa shape index (κ1) is 19.8. The van der Waals surface area contributed by atoms with Crippen molar-refractivity contribution in [3.8, 4) is 0 Å². The Hall–Kier alpha value is -3.19. The zero-order valence-electron chi connectivity index (χ0n) is 16.4. The van der Waals surface area contributed by atoms with Gasteiger partial charge in [-0.15, -0.1) is 0 Å². The van der Waals surface area contributed by atoms with Crippen molar-refractivity contribution in [1.29, 1.82) is 0 Å². The number of para-hydroxylation sites is 1. The molecule has 0 unspecified atom stereocenters. The van der Waals surface area contributed by atoms with E-state index >= 15 is 0 Å². The minimum absolute atomic E-state index is 0.00732. The van der Waals surface area contributed by atoms with E-state index in [0.717, 1.165) is 23.2 Å². The summed E-state index contributed by atoms with van der Waals surface area (Å²) in [4.78, 5) is 0.0792. The molecule has 5 rings (SSSR count). The first-order valence-corrected chi connectivity index (χ1v) is 11.5. The van der Waals surface area contributed by atoms with Gasteiger partial charge in [0.2, 0.25) is 0 Å². The lowest BCUT2D eigenvalue weighted by molar-refractivity contribution is 0.424. The zero-order valence-corrected chi connectivity index (χ0v) is 17.2. The molecule has 3 atom stereocenters. The molecule has 1 heterocycles. The Labute approximate surface area is 179 Å². The van der Waals surface area contributed by atoms with Crippen molar-refractivity contribution in [2.75, 3.05) is 10.0 Å². The highest BCUT2D eigenvalue weighted by Gasteiger charge is 2.38. The summed E-state index contributed by atoms with van der Waals surface area (Å²) in [5.41, 5.74) is 2.62. The van der Waals surface area contributed by atoms with E-state index in [2.05, 4.69) is 22.2 Å². The van der Waals surface area contributed by atoms with Gasteiger partial charge in [0.1, 0.15) is 11.6 Å². The van der Waals surface area contributed by atoms with Gasteiger partial charge in [0.05, 0.1) is 16.6 Å². The second-order valence-corrected chi connectivity index (χ2v) is 9.54. The number of rotatable bonds is 4. The van der Waals surface area contributed by atoms with E-state index in [1.807, 2.05) is 0 Å². The fraction of sp³-hybridized carbons (Fsp3) is 0.167. The largest absolute Gasteiger partial charge is 0.378 e. The maximum atomic E-state index is 13.9. The number of halogens is 2. The van der Waals surface area contributed by atoms with Crippen LogP contribution in [0.2, 0.25) is 0 Å². The molecule has 0 aromatic heterocycles. The van der Waals surface area contributed by atoms with Crippen molar-refractivity contribution in [3.63, 3.8) is 0 Å². The van der Waals surface area contributed by atoms with E-state index in [4.69, 9.17) is 0 Å². The molecule has 0 saturated heterocycles. The molecule has 4 nitrogen and oxygen atoms in total. The van der Waals surface area contributed by atoms with E-state index in [9.17, 15) is 17.2 Å². The minimum Gasteiger partial charge on any atom is -0.378 e. The summed E-state index contributed by atoms with van der Waals surface area (Å²) in [7, 11) is -3.95. The lowest BCUT2D eigenvalue weighted by atomic mass is 9.77. The Balaban J connectivity index is 1.50. The number of hydrogen-bond acceptors (Lipinski definition) is 3. The van der Waals surface area contributed by atoms with Crippen LogP contribution in [0.15, 0.2) is 83.8 Å². The second-order valence-electron chi connectivity index (χ2n) is 7.86. The molecule has 0 spiro atoms. The fourth-order valence-corrected chi connectivity index (χ4v) is 5.59. The quantitative estimate of drug-likeness (QED) is 0.522. The number of hydrogen-bond donors (Lipinski definition) is 2. The Kier molecular flexibility index (Phi) is 4.78. The van der Waals surface area contributed by atoms with Gasteiger partial charge in [0.15, 0.2) is 0 Å². The van der Waals surface area contributed by atoms with Crippen LogP contribution in [0.25, 0.3) is 0 Å². The number of allylic oxidation sites excluding steroid dienone is 2. The van der Waals surface area contributed by atoms with E-state index < -0.39 is 15.8 Å². The van der Waals surface area contributed by atoms with Gasteiger partial charge >= 0.3 is 0 Å². The van der Waals surface area contributed by atoms with E-state index in [1.54, 1.807) is 30.3 Å². The van der Waals surface area contributed by atoms with Gasteiger partial charge in [-0.05, 0) is 65.9 Å². The van der Waals surface area contributed by atoms with E-state index in [0.29, 0.717) is 0 Å². The predicted octanol–water partition coefficient (Wildman–Crippen LogP) is 5.59. The van der Waals surface area contributed by atoms with Crippen molar-refractivity contribution in [3.05, 3.63) is 102 Å². The Bertz CT molecular complexity index is 1270. The minimum atomic E-state index is -3.95. The average Bonchev–Trinajstić information content (AvgIpc) is 3.25. The van der Waals surface area contributed by atoms with Gasteiger partial charge in [-0.3, -0.25) is 4.72 Å². The van der Waals surface area contributed by atoms with Crippen molar-refractivity contribution in [2.45, 2.75) is 23.3 Å². The molecule has 1 aliphatic carbocycles. The molecule has 0 saturated carbocycles. The van der Waals surface area contributed by atoms with Crippen LogP contribution in [0.3, 0.4) is 0 Å². The van der Waals surface area contributed by atoms with Gasteiger partial charge in [-0.25, -0.2) is 17.2 Å². The predicted molar refractivity (Wildman–Crippen MR) is 116 cm³/mol. The van der Waals surface area contributed by atoms with Crippen LogP contribution < -0.4 is 10.0 Å². The average molecular weight is 438 g/mol. The highest BCUT2D eigenvalue weighted by atomic mass is 32.2. The summed E-state index contributed by atoms with van der Waals surface area (Å²) in [6.07, 6.45) is 5.03. The summed E-state index contributed by atoms with van der Waals surface area (Å²) >= 11 is 0. The van der Waals surface area contributed by atoms with Gasteiger partial charge in [0.25, 0.3) is 10.0 Å². The van der Waals surface area contributed by atoms with Gasteiger partial charge in [-0.2, -0.15) is 0 Å². The number of nitrogens with one attached hydrogen (secondary N) is 2. The van der Waals surface area contributed by atoms with Crippen LogP contribution in [0, 0.1) is 17.6 Å². The number of benzene rings is 3. The van der Waals surface area contributed by atoms with Crippen molar-refractivity contribution < 1.29 is 17.2 Å². The maximum absolute atomic E-state index is 13.9. The Morgan fingerprint density at radius 1 is 0.968 bits per heavy atom. The molecular formula is C24H20F2N2O2S. The third kappa shape index (κ3) is 3.59. The molecule has 31 heavy (non-hydrogen) atoms. The topological polar surface area (TPSA) is 58.2 Å². The maximum Gasteiger partial charge on any atom is 0.261 e. The molecule has 2 aliphatic rings. The summed E-state index contributed by atoms with van der Waals surface area (Å²) < 4.78 is 55.5. The number of anilines is 2. The van der Waals surface area contributed by atoms with Gasteiger partial charge in [0, 0.05) is 11.6 Å². The SMILES string of the molecule is O=S(=O)(Nc1ccccc1F)c1ccc2c(c1)[C@H]1C=CC[C@H]1[C@H](c1ccc(F)cc1)N2. The Morgan fingerprint density at radius 2 is 1.74 bits per heavy atom. The molecule has 0 radical (unpaired) electrons. The molecule has 3 aromatic rings. The molecule has 0 fully saturated rings. The fourth-order valence-electron chi connectivity index (χ4n) is 4.49. The van der Waals surface area contributed by atoms with E-state index in [1.165, 1.54) is 36.4 Å². The highest BCUT2D eigenvalue weighted by molar-refractivity contribution is 7.92. The zero-order chi connectivity index (χ0) is 21.6. The molecule has 1 aliphatic heterocycles. The smallest absolute Gasteiger partial charge is 0.261 e. The lowest BCUT2D eigenvalue weighted by Gasteiger charge is -2.37. The van der Waals surface area contributed by atoms with E-state index in [-0.39, 0.29) is 34.3 Å². The third-order valence-electron chi connectivity index (χ3n) is 5.99. The summed E-state index contributed by atoms with van der Waals surface area (Å²) in [5.74, 6) is -0.685. The van der Waals surface area contributed by atoms with Crippen LogP contribution in [0.5, 0.6) is 0 Å². The number of sulfonamides is 1. The first-order chi connectivity index (χ1) is 14.9. The molecule has 158 valence electrons. The van der Waals surface area contributed by atoms with Gasteiger partial charge < -0.3 is 5.32 Å². The molecule has 3 aromatic carbocycles. The molecule has 0 bridgehead atoms. The molecule has 2 N–H and O–H groups in total. The van der Waals surface area contributed by atoms with Crippen LogP contribution in [-0.2, 0) is 10.0 Å². The van der Waals surface area contributed by atoms with Crippen molar-refractivity contribution in [1.82, 2.24) is 0 Å². The van der Waals surface area contributed by atoms with Crippen LogP contribution in [0.1, 0.15) is 29.5 Å². The molecule has 7 heteroatoms. The second kappa shape index (κ2) is 7.50. The van der Waals surface area contributed by atoms with Crippen LogP contribution in [-0.4, -0.2) is 8.42 Å². The first-order valence-electron chi connectivity index (χ1n) is 10.0. The Morgan fingerprint density at radius 3 is 2.52 bits per heavy atom. The summed E-state index contributed by atoms with van der Waals surface area (Å²) in [6, 6.07) is 17.0. The summed E-state index contributed by atoms with van der Waals surface area (Å²) in [6.45, 7) is 0. The van der Waals surface area contributed by atoms with Gasteiger partial charge in [-0.1, -0.05) is 36.4 Å². The third-order valence-corrected chi connectivity index (χ3v) is 7.36. The molecular weight excluding hydrogens is 418 g/mol. The van der Waals surface area contributed by atoms with Crippen molar-refractivity contribution in [2.24, 2.45) is 5.92 Å². The highest BCUT2D eigenvalue weighted by Crippen LogP contribution is 2.50. The monoisotopic (exact) mass is 438 g/mol. The number of fused-ring (bicyclic) bond motifs is 3. The normalized spacial score (nSPS) is 21.8. The lowest BCUT2D eigenvalue weighted by Crippen LogP contribution is -2.29. The van der Waals surface area contributed by atoms with Crippen LogP contribution >= 0.6 is 0 Å². The van der Waals surface area contributed by atoms with Crippen molar-refractivity contribution >= 4 is 21.4 Å².